The van der Waals surface area contributed by atoms with Gasteiger partial charge in [-0.25, -0.2) is 22.5 Å². The number of rotatable bonds is 4. The van der Waals surface area contributed by atoms with E-state index in [1.165, 1.54) is 4.90 Å². The van der Waals surface area contributed by atoms with Crippen LogP contribution in [-0.4, -0.2) is 43.1 Å². The molecule has 0 saturated carbocycles. The number of nitrogens with one attached hydrogen (secondary N) is 1. The molecular weight excluding hydrogens is 384 g/mol. The lowest BCUT2D eigenvalue weighted by atomic mass is 10.2. The molecule has 11 heteroatoms. The van der Waals surface area contributed by atoms with Crippen LogP contribution in [0, 0.1) is 5.82 Å². The molecule has 24 heavy (non-hydrogen) atoms. The number of imide groups is 1. The number of hydrogen-bond donors (Lipinski definition) is 1. The molecule has 0 aromatic heterocycles. The minimum absolute atomic E-state index is 0.165. The monoisotopic (exact) mass is 395 g/mol. The second-order valence-corrected chi connectivity index (χ2v) is 8.13. The fourth-order valence-electron chi connectivity index (χ4n) is 2.83. The first-order valence-electron chi connectivity index (χ1n) is 6.95. The van der Waals surface area contributed by atoms with Crippen LogP contribution in [0.5, 0.6) is 0 Å². The Labute approximate surface area is 147 Å². The number of benzene rings is 1. The lowest BCUT2D eigenvalue weighted by Crippen LogP contribution is -2.33. The molecule has 0 radical (unpaired) electrons. The highest BCUT2D eigenvalue weighted by Gasteiger charge is 2.48. The number of halogens is 3. The van der Waals surface area contributed by atoms with E-state index in [0.717, 1.165) is 12.1 Å². The largest absolute Gasteiger partial charge is 0.332 e. The molecule has 7 nitrogen and oxygen atoms in total. The molecule has 0 spiro atoms. The third-order valence-corrected chi connectivity index (χ3v) is 5.87. The first-order chi connectivity index (χ1) is 11.2. The standard InChI is InChI=1S/C13H12Cl2FN3O4S/c14-6-24(22,23)17-9-5-11(8(16)4-7(9)15)19-12(20)10-2-1-3-18(10)13(19)21/h4-5,10,17H,1-3,6H2. The third-order valence-electron chi connectivity index (χ3n) is 3.88. The molecule has 3 amide bonds. The number of fused-ring (bicyclic) bond motifs is 1. The van der Waals surface area contributed by atoms with Crippen LogP contribution in [0.4, 0.5) is 20.6 Å². The number of nitrogens with zero attached hydrogens (tertiary/aromatic N) is 2. The van der Waals surface area contributed by atoms with Crippen LogP contribution in [0.2, 0.25) is 5.02 Å². The minimum Gasteiger partial charge on any atom is -0.312 e. The summed E-state index contributed by atoms with van der Waals surface area (Å²) >= 11 is 11.1. The normalized spacial score (nSPS) is 20.7. The Kier molecular flexibility index (Phi) is 4.35. The van der Waals surface area contributed by atoms with Crippen molar-refractivity contribution in [2.45, 2.75) is 18.9 Å². The highest BCUT2D eigenvalue weighted by Crippen LogP contribution is 2.36. The Morgan fingerprint density at radius 2 is 2.04 bits per heavy atom. The van der Waals surface area contributed by atoms with Gasteiger partial charge in [0.05, 0.1) is 16.4 Å². The van der Waals surface area contributed by atoms with Crippen molar-refractivity contribution in [3.8, 4) is 0 Å². The second-order valence-electron chi connectivity index (χ2n) is 5.42. The number of hydrogen-bond acceptors (Lipinski definition) is 4. The van der Waals surface area contributed by atoms with Gasteiger partial charge in [0.15, 0.2) is 0 Å². The summed E-state index contributed by atoms with van der Waals surface area (Å²) in [7, 11) is -3.88. The van der Waals surface area contributed by atoms with Crippen molar-refractivity contribution >= 4 is 56.5 Å². The zero-order valence-corrected chi connectivity index (χ0v) is 14.5. The van der Waals surface area contributed by atoms with Gasteiger partial charge in [-0.05, 0) is 25.0 Å². The maximum absolute atomic E-state index is 14.3. The molecule has 2 saturated heterocycles. The predicted octanol–water partition coefficient (Wildman–Crippen LogP) is 2.35. The van der Waals surface area contributed by atoms with E-state index in [1.807, 2.05) is 0 Å². The molecule has 1 aromatic rings. The van der Waals surface area contributed by atoms with Crippen molar-refractivity contribution in [3.05, 3.63) is 23.0 Å². The summed E-state index contributed by atoms with van der Waals surface area (Å²) in [5, 5.41) is -0.947. The minimum atomic E-state index is -3.88. The van der Waals surface area contributed by atoms with Gasteiger partial charge in [0.1, 0.15) is 17.1 Å². The molecule has 130 valence electrons. The number of alkyl halides is 1. The van der Waals surface area contributed by atoms with E-state index in [1.54, 1.807) is 0 Å². The van der Waals surface area contributed by atoms with Gasteiger partial charge < -0.3 is 4.90 Å². The summed E-state index contributed by atoms with van der Waals surface area (Å²) in [6, 6.07) is 0.623. The summed E-state index contributed by atoms with van der Waals surface area (Å²) in [6.45, 7) is 0.423. The van der Waals surface area contributed by atoms with Crippen molar-refractivity contribution < 1.29 is 22.4 Å². The first-order valence-corrected chi connectivity index (χ1v) is 9.51. The van der Waals surface area contributed by atoms with Gasteiger partial charge in [0.25, 0.3) is 5.91 Å². The zero-order valence-electron chi connectivity index (χ0n) is 12.1. The Morgan fingerprint density at radius 1 is 1.33 bits per heavy atom. The van der Waals surface area contributed by atoms with Crippen molar-refractivity contribution in [1.29, 1.82) is 0 Å². The number of sulfonamides is 1. The number of amides is 3. The van der Waals surface area contributed by atoms with Gasteiger partial charge in [0.2, 0.25) is 10.0 Å². The molecule has 0 bridgehead atoms. The zero-order chi connectivity index (χ0) is 17.6. The maximum Gasteiger partial charge on any atom is 0.332 e. The fraction of sp³-hybridized carbons (Fsp3) is 0.385. The predicted molar refractivity (Wildman–Crippen MR) is 87.3 cm³/mol. The van der Waals surface area contributed by atoms with E-state index in [4.69, 9.17) is 23.2 Å². The molecule has 0 aliphatic carbocycles. The summed E-state index contributed by atoms with van der Waals surface area (Å²) in [5.74, 6) is -1.44. The van der Waals surface area contributed by atoms with Gasteiger partial charge in [-0.15, -0.1) is 11.6 Å². The van der Waals surface area contributed by atoms with Crippen LogP contribution in [-0.2, 0) is 14.8 Å². The van der Waals surface area contributed by atoms with Crippen molar-refractivity contribution in [1.82, 2.24) is 4.90 Å². The molecule has 2 aliphatic heterocycles. The number of carbonyl (C=O) groups excluding carboxylic acids is 2. The lowest BCUT2D eigenvalue weighted by molar-refractivity contribution is -0.119. The fourth-order valence-corrected chi connectivity index (χ4v) is 3.80. The average molecular weight is 396 g/mol. The molecule has 3 rings (SSSR count). The van der Waals surface area contributed by atoms with Crippen molar-refractivity contribution in [3.63, 3.8) is 0 Å². The van der Waals surface area contributed by atoms with E-state index >= 15 is 0 Å². The quantitative estimate of drug-likeness (QED) is 0.625. The van der Waals surface area contributed by atoms with Crippen molar-refractivity contribution in [2.24, 2.45) is 0 Å². The molecule has 1 aromatic carbocycles. The second kappa shape index (κ2) is 6.05. The van der Waals surface area contributed by atoms with Gasteiger partial charge in [-0.1, -0.05) is 11.6 Å². The van der Waals surface area contributed by atoms with Crippen LogP contribution >= 0.6 is 23.2 Å². The van der Waals surface area contributed by atoms with Gasteiger partial charge in [-0.3, -0.25) is 9.52 Å². The molecule has 2 heterocycles. The number of carbonyl (C=O) groups is 2. The van der Waals surface area contributed by atoms with Crippen LogP contribution < -0.4 is 9.62 Å². The summed E-state index contributed by atoms with van der Waals surface area (Å²) < 4.78 is 39.5. The van der Waals surface area contributed by atoms with E-state index in [0.29, 0.717) is 24.3 Å². The van der Waals surface area contributed by atoms with Gasteiger partial charge in [-0.2, -0.15) is 0 Å². The Morgan fingerprint density at radius 3 is 2.67 bits per heavy atom. The average Bonchev–Trinajstić information content (AvgIpc) is 3.08. The van der Waals surface area contributed by atoms with Crippen molar-refractivity contribution in [2.75, 3.05) is 21.4 Å². The molecule has 1 atom stereocenters. The highest BCUT2D eigenvalue weighted by molar-refractivity contribution is 7.93. The molecule has 1 N–H and O–H groups in total. The highest BCUT2D eigenvalue weighted by atomic mass is 35.5. The van der Waals surface area contributed by atoms with Crippen LogP contribution in [0.15, 0.2) is 12.1 Å². The first kappa shape index (κ1) is 17.2. The molecule has 1 unspecified atom stereocenters. The molecule has 2 aliphatic rings. The van der Waals surface area contributed by atoms with Gasteiger partial charge in [0, 0.05) is 6.54 Å². The molecule has 2 fully saturated rings. The van der Waals surface area contributed by atoms with E-state index in [9.17, 15) is 22.4 Å². The molecular formula is C13H12Cl2FN3O4S. The van der Waals surface area contributed by atoms with Crippen LogP contribution in [0.25, 0.3) is 0 Å². The summed E-state index contributed by atoms with van der Waals surface area (Å²) in [4.78, 5) is 26.8. The summed E-state index contributed by atoms with van der Waals surface area (Å²) in [6.07, 6.45) is 1.22. The van der Waals surface area contributed by atoms with Crippen LogP contribution in [0.1, 0.15) is 12.8 Å². The summed E-state index contributed by atoms with van der Waals surface area (Å²) in [5.41, 5.74) is -0.516. The van der Waals surface area contributed by atoms with Gasteiger partial charge >= 0.3 is 6.03 Å². The van der Waals surface area contributed by atoms with E-state index in [2.05, 4.69) is 4.72 Å². The lowest BCUT2D eigenvalue weighted by Gasteiger charge is -2.18. The smallest absolute Gasteiger partial charge is 0.312 e. The Bertz CT molecular complexity index is 811. The SMILES string of the molecule is O=C1C2CCCN2C(=O)N1c1cc(NS(=O)(=O)CCl)c(Cl)cc1F. The van der Waals surface area contributed by atoms with E-state index < -0.39 is 39.0 Å². The van der Waals surface area contributed by atoms with E-state index in [-0.39, 0.29) is 16.4 Å². The Balaban J connectivity index is 2.02. The van der Waals surface area contributed by atoms with Crippen LogP contribution in [0.3, 0.4) is 0 Å². The number of urea groups is 1. The third kappa shape index (κ3) is 2.80. The number of anilines is 2. The topological polar surface area (TPSA) is 86.8 Å². The Hall–Kier alpha value is -1.58. The maximum atomic E-state index is 14.3.